The molecule has 25 heavy (non-hydrogen) atoms. The average Bonchev–Trinajstić information content (AvgIpc) is 2.91. The second-order valence-corrected chi connectivity index (χ2v) is 7.36. The van der Waals surface area contributed by atoms with E-state index in [1.54, 1.807) is 16.5 Å². The molecule has 6 heteroatoms. The molecule has 2 heterocycles. The first-order chi connectivity index (χ1) is 12.1. The number of hydrogen-bond donors (Lipinski definition) is 0. The van der Waals surface area contributed by atoms with Gasteiger partial charge in [-0.15, -0.1) is 0 Å². The molecule has 0 N–H and O–H groups in total. The molecular weight excluding hydrogens is 356 g/mol. The highest BCUT2D eigenvalue weighted by molar-refractivity contribution is 7.10. The molecule has 4 nitrogen and oxygen atoms in total. The van der Waals surface area contributed by atoms with Crippen LogP contribution in [0.3, 0.4) is 0 Å². The standard InChI is InChI=1S/C19H15ClN2O2S/c1-21-18-17(25-19(21)24)14(13-9-5-6-10-15(13)20)11-16(23)22(18)12-7-3-2-4-8-12/h2-10,14H,11H2,1H3/t14-/m1/s1. The van der Waals surface area contributed by atoms with Gasteiger partial charge in [0.25, 0.3) is 0 Å². The third-order valence-electron chi connectivity index (χ3n) is 4.46. The van der Waals surface area contributed by atoms with E-state index in [9.17, 15) is 9.59 Å². The summed E-state index contributed by atoms with van der Waals surface area (Å²) in [6.45, 7) is 0. The zero-order valence-corrected chi connectivity index (χ0v) is 15.1. The fourth-order valence-corrected chi connectivity index (χ4v) is 4.63. The number of benzene rings is 2. The lowest BCUT2D eigenvalue weighted by Gasteiger charge is -2.32. The van der Waals surface area contributed by atoms with Crippen LogP contribution in [0.2, 0.25) is 5.02 Å². The Balaban J connectivity index is 1.94. The van der Waals surface area contributed by atoms with E-state index in [2.05, 4.69) is 0 Å². The van der Waals surface area contributed by atoms with Crippen LogP contribution in [0.1, 0.15) is 22.8 Å². The number of para-hydroxylation sites is 1. The molecule has 0 spiro atoms. The van der Waals surface area contributed by atoms with E-state index in [1.165, 1.54) is 11.3 Å². The van der Waals surface area contributed by atoms with Crippen molar-refractivity contribution < 1.29 is 4.79 Å². The van der Waals surface area contributed by atoms with Gasteiger partial charge in [-0.05, 0) is 23.8 Å². The van der Waals surface area contributed by atoms with Crippen LogP contribution >= 0.6 is 22.9 Å². The Morgan fingerprint density at radius 1 is 1.04 bits per heavy atom. The van der Waals surface area contributed by atoms with Crippen molar-refractivity contribution in [1.29, 1.82) is 0 Å². The van der Waals surface area contributed by atoms with E-state index in [1.807, 2.05) is 54.6 Å². The molecule has 0 saturated heterocycles. The Morgan fingerprint density at radius 3 is 2.44 bits per heavy atom. The maximum absolute atomic E-state index is 13.0. The molecule has 1 atom stereocenters. The SMILES string of the molecule is Cn1c2c(sc1=O)[C@@H](c1ccccc1Cl)CC(=O)N2c1ccccc1. The summed E-state index contributed by atoms with van der Waals surface area (Å²) < 4.78 is 1.55. The van der Waals surface area contributed by atoms with Gasteiger partial charge in [0.1, 0.15) is 5.82 Å². The van der Waals surface area contributed by atoms with Gasteiger partial charge in [-0.3, -0.25) is 19.1 Å². The largest absolute Gasteiger partial charge is 0.308 e. The topological polar surface area (TPSA) is 42.3 Å². The molecule has 3 aromatic rings. The minimum Gasteiger partial charge on any atom is -0.288 e. The molecule has 0 aliphatic carbocycles. The van der Waals surface area contributed by atoms with Crippen molar-refractivity contribution >= 4 is 40.4 Å². The van der Waals surface area contributed by atoms with E-state index in [-0.39, 0.29) is 23.1 Å². The van der Waals surface area contributed by atoms with Crippen molar-refractivity contribution in [2.45, 2.75) is 12.3 Å². The molecule has 0 radical (unpaired) electrons. The summed E-state index contributed by atoms with van der Waals surface area (Å²) in [6.07, 6.45) is 0.283. The Morgan fingerprint density at radius 2 is 1.72 bits per heavy atom. The number of carbonyl (C=O) groups is 1. The molecule has 0 unspecified atom stereocenters. The summed E-state index contributed by atoms with van der Waals surface area (Å²) in [4.78, 5) is 27.8. The first-order valence-electron chi connectivity index (χ1n) is 7.90. The summed E-state index contributed by atoms with van der Waals surface area (Å²) in [5.74, 6) is 0.398. The fourth-order valence-electron chi connectivity index (χ4n) is 3.28. The highest BCUT2D eigenvalue weighted by Gasteiger charge is 2.37. The molecule has 1 aliphatic heterocycles. The van der Waals surface area contributed by atoms with Crippen molar-refractivity contribution in [2.75, 3.05) is 4.90 Å². The Bertz CT molecular complexity index is 1010. The smallest absolute Gasteiger partial charge is 0.288 e. The molecule has 0 saturated carbocycles. The molecule has 0 bridgehead atoms. The molecular formula is C19H15ClN2O2S. The fraction of sp³-hybridized carbons (Fsp3) is 0.158. The van der Waals surface area contributed by atoms with Crippen molar-refractivity contribution in [2.24, 2.45) is 7.05 Å². The first-order valence-corrected chi connectivity index (χ1v) is 9.09. The number of thiazole rings is 1. The minimum absolute atomic E-state index is 0.0444. The van der Waals surface area contributed by atoms with Crippen LogP contribution < -0.4 is 9.77 Å². The highest BCUT2D eigenvalue weighted by Crippen LogP contribution is 2.45. The summed E-state index contributed by atoms with van der Waals surface area (Å²) in [5.41, 5.74) is 1.65. The first kappa shape index (κ1) is 16.1. The van der Waals surface area contributed by atoms with E-state index < -0.39 is 0 Å². The maximum Gasteiger partial charge on any atom is 0.308 e. The third kappa shape index (κ3) is 2.60. The minimum atomic E-state index is -0.199. The van der Waals surface area contributed by atoms with E-state index >= 15 is 0 Å². The van der Waals surface area contributed by atoms with Gasteiger partial charge >= 0.3 is 4.87 Å². The van der Waals surface area contributed by atoms with Crippen molar-refractivity contribution in [3.05, 3.63) is 79.7 Å². The van der Waals surface area contributed by atoms with Crippen molar-refractivity contribution in [3.63, 3.8) is 0 Å². The maximum atomic E-state index is 13.0. The lowest BCUT2D eigenvalue weighted by atomic mass is 9.90. The molecule has 126 valence electrons. The average molecular weight is 371 g/mol. The Hall–Kier alpha value is -2.37. The number of hydrogen-bond acceptors (Lipinski definition) is 3. The zero-order chi connectivity index (χ0) is 17.6. The number of nitrogens with zero attached hydrogens (tertiary/aromatic N) is 2. The number of rotatable bonds is 2. The molecule has 1 aliphatic rings. The van der Waals surface area contributed by atoms with Crippen LogP contribution in [0.4, 0.5) is 11.5 Å². The van der Waals surface area contributed by atoms with Crippen LogP contribution in [-0.2, 0) is 11.8 Å². The predicted molar refractivity (Wildman–Crippen MR) is 101 cm³/mol. The van der Waals surface area contributed by atoms with Crippen LogP contribution in [-0.4, -0.2) is 10.5 Å². The van der Waals surface area contributed by atoms with E-state index in [0.29, 0.717) is 10.8 Å². The third-order valence-corrected chi connectivity index (χ3v) is 5.94. The zero-order valence-electron chi connectivity index (χ0n) is 13.5. The monoisotopic (exact) mass is 370 g/mol. The predicted octanol–water partition coefficient (Wildman–Crippen LogP) is 4.30. The molecule has 2 aromatic carbocycles. The number of aromatic nitrogens is 1. The van der Waals surface area contributed by atoms with Gasteiger partial charge in [-0.2, -0.15) is 0 Å². The number of anilines is 2. The number of fused-ring (bicyclic) bond motifs is 1. The van der Waals surface area contributed by atoms with Gasteiger partial charge in [-0.25, -0.2) is 0 Å². The van der Waals surface area contributed by atoms with E-state index in [0.717, 1.165) is 16.1 Å². The summed E-state index contributed by atoms with van der Waals surface area (Å²) in [6, 6.07) is 16.9. The van der Waals surface area contributed by atoms with Gasteiger partial charge in [0, 0.05) is 24.4 Å². The van der Waals surface area contributed by atoms with Crippen molar-refractivity contribution in [1.82, 2.24) is 4.57 Å². The van der Waals surface area contributed by atoms with Gasteiger partial charge < -0.3 is 0 Å². The summed E-state index contributed by atoms with van der Waals surface area (Å²) in [5, 5.41) is 0.614. The van der Waals surface area contributed by atoms with Crippen LogP contribution in [0, 0.1) is 0 Å². The summed E-state index contributed by atoms with van der Waals surface area (Å²) in [7, 11) is 1.70. The number of amides is 1. The molecule has 1 amide bonds. The second kappa shape index (κ2) is 6.17. The second-order valence-electron chi connectivity index (χ2n) is 5.96. The lowest BCUT2D eigenvalue weighted by molar-refractivity contribution is -0.118. The lowest BCUT2D eigenvalue weighted by Crippen LogP contribution is -2.34. The highest BCUT2D eigenvalue weighted by atomic mass is 35.5. The Kier molecular flexibility index (Phi) is 3.98. The van der Waals surface area contributed by atoms with Gasteiger partial charge in [-0.1, -0.05) is 59.3 Å². The molecule has 0 fully saturated rings. The van der Waals surface area contributed by atoms with Crippen LogP contribution in [0.25, 0.3) is 0 Å². The number of halogens is 1. The normalized spacial score (nSPS) is 16.8. The number of carbonyl (C=O) groups excluding carboxylic acids is 1. The van der Waals surface area contributed by atoms with Gasteiger partial charge in [0.15, 0.2) is 0 Å². The van der Waals surface area contributed by atoms with Gasteiger partial charge in [0.2, 0.25) is 5.91 Å². The summed E-state index contributed by atoms with van der Waals surface area (Å²) >= 11 is 7.55. The van der Waals surface area contributed by atoms with E-state index in [4.69, 9.17) is 11.6 Å². The molecule has 1 aromatic heterocycles. The van der Waals surface area contributed by atoms with Crippen LogP contribution in [0.5, 0.6) is 0 Å². The van der Waals surface area contributed by atoms with Crippen molar-refractivity contribution in [3.8, 4) is 0 Å². The van der Waals surface area contributed by atoms with Crippen LogP contribution in [0.15, 0.2) is 59.4 Å². The molecule has 4 rings (SSSR count). The van der Waals surface area contributed by atoms with Gasteiger partial charge in [0.05, 0.1) is 10.6 Å². The quantitative estimate of drug-likeness (QED) is 0.675. The Labute approximate surface area is 153 Å².